The van der Waals surface area contributed by atoms with Gasteiger partial charge in [0, 0.05) is 66.2 Å². The van der Waals surface area contributed by atoms with E-state index < -0.39 is 0 Å². The van der Waals surface area contributed by atoms with Crippen molar-refractivity contribution in [1.82, 2.24) is 19.9 Å². The molecule has 4 nitrogen and oxygen atoms in total. The van der Waals surface area contributed by atoms with Crippen molar-refractivity contribution in [2.24, 2.45) is 0 Å². The van der Waals surface area contributed by atoms with Gasteiger partial charge in [0.05, 0.1) is 11.0 Å². The number of aromatic amines is 4. The lowest BCUT2D eigenvalue weighted by atomic mass is 9.90. The largest absolute Gasteiger partial charge is 0.355 e. The van der Waals surface area contributed by atoms with Crippen LogP contribution in [0.15, 0.2) is 164 Å². The summed E-state index contributed by atoms with van der Waals surface area (Å²) >= 11 is 0. The van der Waals surface area contributed by atoms with Gasteiger partial charge in [-0.25, -0.2) is 0 Å². The maximum Gasteiger partial charge on any atom is 0.0572 e. The zero-order valence-corrected chi connectivity index (χ0v) is 28.3. The molecule has 0 unspecified atom stereocenters. The second-order valence-electron chi connectivity index (χ2n) is 13.3. The number of benzene rings is 5. The van der Waals surface area contributed by atoms with Gasteiger partial charge >= 0.3 is 0 Å². The Bertz CT molecular complexity index is 2980. The zero-order chi connectivity index (χ0) is 34.4. The molecular formula is C48H34N4. The molecule has 0 radical (unpaired) electrons. The van der Waals surface area contributed by atoms with Gasteiger partial charge in [-0.15, -0.1) is 0 Å². The summed E-state index contributed by atoms with van der Waals surface area (Å²) < 4.78 is 0. The fraction of sp³-hybridized carbons (Fsp3) is 0. The Kier molecular flexibility index (Phi) is 7.10. The van der Waals surface area contributed by atoms with E-state index in [0.717, 1.165) is 88.7 Å². The van der Waals surface area contributed by atoms with Crippen LogP contribution in [-0.4, -0.2) is 19.9 Å². The van der Waals surface area contributed by atoms with Crippen LogP contribution < -0.4 is 21.4 Å². The van der Waals surface area contributed by atoms with Crippen LogP contribution in [0.25, 0.3) is 68.0 Å². The van der Waals surface area contributed by atoms with E-state index in [0.29, 0.717) is 0 Å². The SMILES string of the molecule is C1=c2cc(-c3ccccc3)c([nH]2)=C(c2ccccc2)c2[nH]c(c(-c3ccccc3)c2-c2ccccc2)C=c2[nH]c(c3ccccc23)=Cc2ccc1[nH]2. The molecule has 1 aliphatic rings. The van der Waals surface area contributed by atoms with E-state index in [-0.39, 0.29) is 0 Å². The molecule has 0 saturated heterocycles. The van der Waals surface area contributed by atoms with E-state index in [1.165, 1.54) is 10.8 Å². The van der Waals surface area contributed by atoms with Gasteiger partial charge in [-0.05, 0) is 58.7 Å². The van der Waals surface area contributed by atoms with Crippen molar-refractivity contribution in [2.75, 3.05) is 0 Å². The van der Waals surface area contributed by atoms with Crippen molar-refractivity contribution in [3.8, 4) is 33.4 Å². The standard InChI is InChI=1S/C48H34N4/c1-5-15-31(16-6-1)40-28-37-27-35-25-26-36(49-35)29-41-38-23-13-14-24-39(38)42(51-41)30-43-44(32-17-7-2-8-18-32)45(33-19-9-3-10-20-33)48(52-43)46(47(40)50-37)34-21-11-4-12-22-34/h1-30,49-52H. The maximum atomic E-state index is 4.06. The highest BCUT2D eigenvalue weighted by molar-refractivity contribution is 5.99. The Morgan fingerprint density at radius 2 is 0.885 bits per heavy atom. The molecule has 246 valence electrons. The number of hydrogen-bond donors (Lipinski definition) is 4. The smallest absolute Gasteiger partial charge is 0.0572 e. The van der Waals surface area contributed by atoms with Gasteiger partial charge < -0.3 is 19.9 Å². The molecule has 5 heterocycles. The van der Waals surface area contributed by atoms with Gasteiger partial charge in [0.25, 0.3) is 0 Å². The minimum atomic E-state index is 1.01. The summed E-state index contributed by atoms with van der Waals surface area (Å²) in [4.78, 5) is 15.4. The molecule has 0 atom stereocenters. The van der Waals surface area contributed by atoms with Crippen LogP contribution in [0.1, 0.15) is 28.3 Å². The molecule has 9 aromatic rings. The molecule has 0 aliphatic carbocycles. The minimum absolute atomic E-state index is 1.01. The molecule has 0 fully saturated rings. The predicted octanol–water partition coefficient (Wildman–Crippen LogP) is 8.20. The molecular weight excluding hydrogens is 633 g/mol. The highest BCUT2D eigenvalue weighted by atomic mass is 14.8. The second-order valence-corrected chi connectivity index (χ2v) is 13.3. The van der Waals surface area contributed by atoms with Gasteiger partial charge in [-0.1, -0.05) is 146 Å². The van der Waals surface area contributed by atoms with E-state index in [4.69, 9.17) is 0 Å². The lowest BCUT2D eigenvalue weighted by Gasteiger charge is -2.13. The van der Waals surface area contributed by atoms with Crippen molar-refractivity contribution in [3.63, 3.8) is 0 Å². The first kappa shape index (κ1) is 29.8. The average Bonchev–Trinajstić information content (AvgIpc) is 3.99. The monoisotopic (exact) mass is 666 g/mol. The first-order chi connectivity index (χ1) is 25.8. The van der Waals surface area contributed by atoms with Crippen LogP contribution in [0, 0.1) is 0 Å². The topological polar surface area (TPSA) is 63.2 Å². The highest BCUT2D eigenvalue weighted by Gasteiger charge is 2.24. The highest BCUT2D eigenvalue weighted by Crippen LogP contribution is 2.42. The van der Waals surface area contributed by atoms with Gasteiger partial charge in [-0.2, -0.15) is 0 Å². The van der Waals surface area contributed by atoms with Crippen LogP contribution >= 0.6 is 0 Å². The van der Waals surface area contributed by atoms with Crippen LogP contribution in [-0.2, 0) is 0 Å². The summed E-state index contributed by atoms with van der Waals surface area (Å²) in [7, 11) is 0. The minimum Gasteiger partial charge on any atom is -0.355 e. The Morgan fingerprint density at radius 3 is 1.52 bits per heavy atom. The summed E-state index contributed by atoms with van der Waals surface area (Å²) in [5.74, 6) is 0. The lowest BCUT2D eigenvalue weighted by molar-refractivity contribution is 1.22. The van der Waals surface area contributed by atoms with Gasteiger partial charge in [-0.3, -0.25) is 0 Å². The van der Waals surface area contributed by atoms with Crippen LogP contribution in [0.4, 0.5) is 0 Å². The van der Waals surface area contributed by atoms with Crippen molar-refractivity contribution in [1.29, 1.82) is 0 Å². The summed E-state index contributed by atoms with van der Waals surface area (Å²) in [5, 5.41) is 6.51. The summed E-state index contributed by atoms with van der Waals surface area (Å²) in [5.41, 5.74) is 13.2. The summed E-state index contributed by atoms with van der Waals surface area (Å²) in [6.45, 7) is 0. The Labute approximate surface area is 300 Å². The molecule has 8 bridgehead atoms. The number of H-pyrrole nitrogens is 4. The number of rotatable bonds is 4. The predicted molar refractivity (Wildman–Crippen MR) is 214 cm³/mol. The summed E-state index contributed by atoms with van der Waals surface area (Å²) in [6.07, 6.45) is 6.69. The number of hydrogen-bond acceptors (Lipinski definition) is 0. The van der Waals surface area contributed by atoms with E-state index in [1.54, 1.807) is 0 Å². The Balaban J connectivity index is 1.45. The van der Waals surface area contributed by atoms with Crippen molar-refractivity contribution >= 4 is 34.6 Å². The van der Waals surface area contributed by atoms with Crippen LogP contribution in [0.2, 0.25) is 0 Å². The average molecular weight is 667 g/mol. The molecule has 5 aromatic carbocycles. The number of aromatic nitrogens is 4. The van der Waals surface area contributed by atoms with Crippen LogP contribution in [0.3, 0.4) is 0 Å². The van der Waals surface area contributed by atoms with Crippen molar-refractivity contribution in [3.05, 3.63) is 214 Å². The quantitative estimate of drug-likeness (QED) is 0.146. The third kappa shape index (κ3) is 5.17. The number of fused-ring (bicyclic) bond motifs is 11. The first-order valence-corrected chi connectivity index (χ1v) is 17.7. The fourth-order valence-corrected chi connectivity index (χ4v) is 7.75. The Hall–Kier alpha value is -7.04. The van der Waals surface area contributed by atoms with E-state index in [9.17, 15) is 0 Å². The normalized spacial score (nSPS) is 12.3. The number of nitrogens with one attached hydrogen (secondary N) is 4. The fourth-order valence-electron chi connectivity index (χ4n) is 7.75. The molecule has 4 aromatic heterocycles. The van der Waals surface area contributed by atoms with Gasteiger partial charge in [0.2, 0.25) is 0 Å². The lowest BCUT2D eigenvalue weighted by Crippen LogP contribution is -2.17. The maximum absolute atomic E-state index is 4.06. The third-order valence-corrected chi connectivity index (χ3v) is 10.0. The van der Waals surface area contributed by atoms with E-state index in [1.807, 2.05) is 0 Å². The summed E-state index contributed by atoms with van der Waals surface area (Å²) in [6, 6.07) is 58.2. The van der Waals surface area contributed by atoms with Gasteiger partial charge in [0.1, 0.15) is 0 Å². The third-order valence-electron chi connectivity index (χ3n) is 10.0. The second kappa shape index (κ2) is 12.4. The van der Waals surface area contributed by atoms with Crippen molar-refractivity contribution < 1.29 is 0 Å². The Morgan fingerprint density at radius 1 is 0.365 bits per heavy atom. The van der Waals surface area contributed by atoms with Crippen LogP contribution in [0.5, 0.6) is 0 Å². The molecule has 0 amide bonds. The molecule has 4 heteroatoms. The van der Waals surface area contributed by atoms with E-state index >= 15 is 0 Å². The molecule has 0 saturated carbocycles. The van der Waals surface area contributed by atoms with E-state index in [2.05, 4.69) is 202 Å². The molecule has 52 heavy (non-hydrogen) atoms. The van der Waals surface area contributed by atoms with Crippen molar-refractivity contribution in [2.45, 2.75) is 0 Å². The molecule has 4 N–H and O–H groups in total. The first-order valence-electron chi connectivity index (χ1n) is 17.7. The zero-order valence-electron chi connectivity index (χ0n) is 28.3. The van der Waals surface area contributed by atoms with Gasteiger partial charge in [0.15, 0.2) is 0 Å². The molecule has 0 spiro atoms. The molecule has 1 aliphatic heterocycles. The molecule has 10 rings (SSSR count).